The molecule has 1 aliphatic rings. The van der Waals surface area contributed by atoms with Crippen molar-refractivity contribution in [3.8, 4) is 5.75 Å². The van der Waals surface area contributed by atoms with Crippen molar-refractivity contribution in [3.05, 3.63) is 83.4 Å². The number of hydrogen-bond acceptors (Lipinski definition) is 2. The zero-order valence-corrected chi connectivity index (χ0v) is 21.8. The molecular weight excluding hydrogens is 451 g/mol. The fourth-order valence-corrected chi connectivity index (χ4v) is 4.85. The van der Waals surface area contributed by atoms with E-state index in [0.717, 1.165) is 55.4 Å². The quantitative estimate of drug-likeness (QED) is 0.253. The first kappa shape index (κ1) is 27.7. The number of benzene rings is 2. The third kappa shape index (κ3) is 7.32. The number of hydrogen-bond donors (Lipinski definition) is 1. The van der Waals surface area contributed by atoms with Gasteiger partial charge in [0.05, 0.1) is 12.5 Å². The Balaban J connectivity index is 1.70. The fraction of sp³-hybridized carbons (Fsp3) is 0.469. The van der Waals surface area contributed by atoms with E-state index < -0.39 is 17.6 Å². The van der Waals surface area contributed by atoms with Gasteiger partial charge in [0.25, 0.3) is 0 Å². The van der Waals surface area contributed by atoms with Crippen LogP contribution >= 0.6 is 0 Å². The minimum Gasteiger partial charge on any atom is -0.494 e. The van der Waals surface area contributed by atoms with Gasteiger partial charge in [0, 0.05) is 0 Å². The smallest absolute Gasteiger partial charge is 0.346 e. The molecule has 0 amide bonds. The van der Waals surface area contributed by atoms with Crippen molar-refractivity contribution in [2.45, 2.75) is 89.6 Å². The van der Waals surface area contributed by atoms with E-state index in [1.54, 1.807) is 18.2 Å². The van der Waals surface area contributed by atoms with Gasteiger partial charge in [-0.3, -0.25) is 0 Å². The Morgan fingerprint density at radius 2 is 1.58 bits per heavy atom. The van der Waals surface area contributed by atoms with Crippen LogP contribution in [0.2, 0.25) is 0 Å². The molecule has 0 spiro atoms. The van der Waals surface area contributed by atoms with Crippen LogP contribution in [-0.2, 0) is 11.2 Å². The maximum Gasteiger partial charge on any atom is 0.346 e. The van der Waals surface area contributed by atoms with Gasteiger partial charge in [-0.15, -0.1) is 0 Å². The predicted octanol–water partition coefficient (Wildman–Crippen LogP) is 8.69. The number of aliphatic carboxylic acids is 1. The Hall–Kier alpha value is -2.88. The molecule has 0 saturated carbocycles. The Morgan fingerprint density at radius 3 is 2.31 bits per heavy atom. The number of carbonyl (C=O) groups is 1. The van der Waals surface area contributed by atoms with E-state index in [4.69, 9.17) is 4.74 Å². The molecule has 1 N–H and O–H groups in total. The maximum absolute atomic E-state index is 16.1. The number of carboxylic acids is 1. The summed E-state index contributed by atoms with van der Waals surface area (Å²) in [5.74, 6) is -1.65. The highest BCUT2D eigenvalue weighted by atomic mass is 19.1. The van der Waals surface area contributed by atoms with Gasteiger partial charge in [-0.25, -0.2) is 9.18 Å². The van der Waals surface area contributed by atoms with Crippen LogP contribution in [0.15, 0.2) is 66.8 Å². The second kappa shape index (κ2) is 14.0. The number of allylic oxidation sites excluding steroid dienone is 3. The molecule has 0 saturated heterocycles. The second-order valence-electron chi connectivity index (χ2n) is 9.81. The van der Waals surface area contributed by atoms with Crippen LogP contribution in [0.5, 0.6) is 5.75 Å². The van der Waals surface area contributed by atoms with E-state index in [0.29, 0.717) is 17.7 Å². The van der Waals surface area contributed by atoms with E-state index in [2.05, 4.69) is 19.9 Å². The van der Waals surface area contributed by atoms with Crippen LogP contribution in [0, 0.1) is 0 Å². The van der Waals surface area contributed by atoms with Crippen molar-refractivity contribution in [1.82, 2.24) is 0 Å². The highest BCUT2D eigenvalue weighted by Gasteiger charge is 2.46. The summed E-state index contributed by atoms with van der Waals surface area (Å²) in [7, 11) is 0. The van der Waals surface area contributed by atoms with Crippen molar-refractivity contribution in [2.75, 3.05) is 6.61 Å². The monoisotopic (exact) mass is 492 g/mol. The summed E-state index contributed by atoms with van der Waals surface area (Å²) in [6.07, 6.45) is 16.3. The number of aryl methyl sites for hydroxylation is 1. The first-order chi connectivity index (χ1) is 17.5. The van der Waals surface area contributed by atoms with Gasteiger partial charge in [-0.2, -0.15) is 0 Å². The third-order valence-electron chi connectivity index (χ3n) is 7.00. The summed E-state index contributed by atoms with van der Waals surface area (Å²) < 4.78 is 22.0. The van der Waals surface area contributed by atoms with Crippen molar-refractivity contribution in [1.29, 1.82) is 0 Å². The predicted molar refractivity (Wildman–Crippen MR) is 146 cm³/mol. The average molecular weight is 493 g/mol. The molecular formula is C32H41FO3. The molecule has 1 aliphatic carbocycles. The Morgan fingerprint density at radius 1 is 0.917 bits per heavy atom. The van der Waals surface area contributed by atoms with Crippen LogP contribution in [0.25, 0.3) is 5.57 Å². The zero-order chi connectivity index (χ0) is 25.8. The number of unbranched alkanes of at least 4 members (excludes halogenated alkanes) is 7. The van der Waals surface area contributed by atoms with E-state index in [1.807, 2.05) is 36.4 Å². The Bertz CT molecular complexity index is 1020. The van der Waals surface area contributed by atoms with Crippen molar-refractivity contribution >= 4 is 11.5 Å². The SMILES string of the molecule is CCCCCCCCOc1ccc(C2C=CC(c3ccccc3CCCCC)=CC2(F)C(=O)O)cc1. The zero-order valence-electron chi connectivity index (χ0n) is 21.8. The van der Waals surface area contributed by atoms with Gasteiger partial charge in [0.1, 0.15) is 5.75 Å². The first-order valence-corrected chi connectivity index (χ1v) is 13.6. The first-order valence-electron chi connectivity index (χ1n) is 13.6. The summed E-state index contributed by atoms with van der Waals surface area (Å²) in [5, 5.41) is 9.93. The Labute approximate surface area is 216 Å². The fourth-order valence-electron chi connectivity index (χ4n) is 4.85. The molecule has 3 rings (SSSR count). The third-order valence-corrected chi connectivity index (χ3v) is 7.00. The molecule has 36 heavy (non-hydrogen) atoms. The summed E-state index contributed by atoms with van der Waals surface area (Å²) >= 11 is 0. The molecule has 0 radical (unpaired) electrons. The van der Waals surface area contributed by atoms with Crippen LogP contribution in [0.3, 0.4) is 0 Å². The molecule has 2 atom stereocenters. The molecule has 4 heteroatoms. The number of carboxylic acid groups (broad SMARTS) is 1. The largest absolute Gasteiger partial charge is 0.494 e. The molecule has 2 aromatic rings. The summed E-state index contributed by atoms with van der Waals surface area (Å²) in [6, 6.07) is 15.1. The molecule has 0 aromatic heterocycles. The van der Waals surface area contributed by atoms with Crippen LogP contribution in [0.1, 0.15) is 94.2 Å². The molecule has 2 aromatic carbocycles. The van der Waals surface area contributed by atoms with E-state index in [1.165, 1.54) is 31.8 Å². The molecule has 0 heterocycles. The van der Waals surface area contributed by atoms with Gasteiger partial charge in [-0.05, 0) is 59.7 Å². The minimum absolute atomic E-state index is 0.620. The van der Waals surface area contributed by atoms with E-state index >= 15 is 4.39 Å². The van der Waals surface area contributed by atoms with Crippen LogP contribution < -0.4 is 4.74 Å². The molecule has 0 fully saturated rings. The van der Waals surface area contributed by atoms with E-state index in [-0.39, 0.29) is 0 Å². The average Bonchev–Trinajstić information content (AvgIpc) is 2.89. The maximum atomic E-state index is 16.1. The lowest BCUT2D eigenvalue weighted by Crippen LogP contribution is -2.39. The lowest BCUT2D eigenvalue weighted by Gasteiger charge is -2.30. The lowest BCUT2D eigenvalue weighted by molar-refractivity contribution is -0.148. The minimum atomic E-state index is -2.53. The number of halogens is 1. The summed E-state index contributed by atoms with van der Waals surface area (Å²) in [6.45, 7) is 5.03. The highest BCUT2D eigenvalue weighted by molar-refractivity contribution is 5.90. The summed E-state index contributed by atoms with van der Waals surface area (Å²) in [4.78, 5) is 12.2. The normalized spacial score (nSPS) is 19.2. The topological polar surface area (TPSA) is 46.5 Å². The lowest BCUT2D eigenvalue weighted by atomic mass is 9.77. The second-order valence-corrected chi connectivity index (χ2v) is 9.81. The van der Waals surface area contributed by atoms with E-state index in [9.17, 15) is 9.90 Å². The van der Waals surface area contributed by atoms with Crippen molar-refractivity contribution in [3.63, 3.8) is 0 Å². The van der Waals surface area contributed by atoms with Crippen LogP contribution in [-0.4, -0.2) is 23.4 Å². The van der Waals surface area contributed by atoms with Gasteiger partial charge >= 0.3 is 5.97 Å². The van der Waals surface area contributed by atoms with Gasteiger partial charge < -0.3 is 9.84 Å². The van der Waals surface area contributed by atoms with Gasteiger partial charge in [-0.1, -0.05) is 107 Å². The Kier molecular flexibility index (Phi) is 10.8. The number of rotatable bonds is 15. The van der Waals surface area contributed by atoms with Crippen LogP contribution in [0.4, 0.5) is 4.39 Å². The highest BCUT2D eigenvalue weighted by Crippen LogP contribution is 2.42. The standard InChI is InChI=1S/C32H41FO3/c1-3-5-7-8-9-13-23-36-28-20-17-26(18-21-28)30-22-19-27(24-32(30,33)31(34)35)29-16-12-11-15-25(29)14-10-6-4-2/h11-12,15-22,24,30H,3-10,13-14,23H2,1-2H3,(H,34,35). The number of alkyl halides is 1. The molecule has 0 aliphatic heterocycles. The summed E-state index contributed by atoms with van der Waals surface area (Å²) in [5.41, 5.74) is 0.753. The van der Waals surface area contributed by atoms with Crippen molar-refractivity contribution in [2.24, 2.45) is 0 Å². The molecule has 194 valence electrons. The van der Waals surface area contributed by atoms with Crippen molar-refractivity contribution < 1.29 is 19.0 Å². The molecule has 0 bridgehead atoms. The van der Waals surface area contributed by atoms with Gasteiger partial charge in [0.2, 0.25) is 5.67 Å². The molecule has 3 nitrogen and oxygen atoms in total. The number of ether oxygens (including phenoxy) is 1. The van der Waals surface area contributed by atoms with Gasteiger partial charge in [0.15, 0.2) is 0 Å². The molecule has 2 unspecified atom stereocenters.